The van der Waals surface area contributed by atoms with E-state index >= 15 is 0 Å². The van der Waals surface area contributed by atoms with Crippen molar-refractivity contribution in [3.8, 4) is 0 Å². The molecule has 2 heterocycles. The van der Waals surface area contributed by atoms with Crippen LogP contribution in [0.15, 0.2) is 52.5 Å². The molecule has 32 heavy (non-hydrogen) atoms. The van der Waals surface area contributed by atoms with Gasteiger partial charge in [-0.25, -0.2) is 14.8 Å². The van der Waals surface area contributed by atoms with Gasteiger partial charge in [-0.15, -0.1) is 11.3 Å². The van der Waals surface area contributed by atoms with Gasteiger partial charge >= 0.3 is 5.97 Å². The van der Waals surface area contributed by atoms with Crippen LogP contribution in [0.5, 0.6) is 0 Å². The standard InChI is InChI=1S/C23H17Cl2N3O3S/c1-12-4-6-17(8-13(12)2)28(14(3)29)23-26-16(11-32-23)10-20-22(30)31-21(27-20)18-7-5-15(24)9-19(18)25/h4-11H,1-3H3/b20-10-. The van der Waals surface area contributed by atoms with E-state index in [1.54, 1.807) is 23.6 Å². The number of cyclic esters (lactones) is 1. The van der Waals surface area contributed by atoms with E-state index in [-0.39, 0.29) is 17.5 Å². The van der Waals surface area contributed by atoms with Gasteiger partial charge in [0.25, 0.3) is 0 Å². The molecule has 1 amide bonds. The van der Waals surface area contributed by atoms with Gasteiger partial charge in [0, 0.05) is 17.3 Å². The minimum Gasteiger partial charge on any atom is -0.402 e. The van der Waals surface area contributed by atoms with Crippen molar-refractivity contribution < 1.29 is 14.3 Å². The minimum absolute atomic E-state index is 0.0865. The van der Waals surface area contributed by atoms with Crippen LogP contribution in [-0.2, 0) is 14.3 Å². The van der Waals surface area contributed by atoms with E-state index < -0.39 is 5.97 Å². The topological polar surface area (TPSA) is 71.9 Å². The monoisotopic (exact) mass is 485 g/mol. The average Bonchev–Trinajstić information content (AvgIpc) is 3.32. The molecule has 0 aliphatic carbocycles. The van der Waals surface area contributed by atoms with Gasteiger partial charge in [-0.05, 0) is 61.4 Å². The fourth-order valence-corrected chi connectivity index (χ4v) is 4.40. The number of aromatic nitrogens is 1. The summed E-state index contributed by atoms with van der Waals surface area (Å²) in [7, 11) is 0. The van der Waals surface area contributed by atoms with Crippen LogP contribution in [0.1, 0.15) is 29.3 Å². The highest BCUT2D eigenvalue weighted by Crippen LogP contribution is 2.32. The van der Waals surface area contributed by atoms with Gasteiger partial charge in [-0.2, -0.15) is 0 Å². The Bertz CT molecular complexity index is 1310. The van der Waals surface area contributed by atoms with Crippen LogP contribution >= 0.6 is 34.5 Å². The molecule has 2 aromatic carbocycles. The number of aliphatic imine (C=N–C) groups is 1. The number of hydrogen-bond donors (Lipinski definition) is 0. The number of aryl methyl sites for hydroxylation is 2. The second kappa shape index (κ2) is 8.86. The van der Waals surface area contributed by atoms with Crippen molar-refractivity contribution >= 4 is 69.2 Å². The summed E-state index contributed by atoms with van der Waals surface area (Å²) in [6, 6.07) is 10.6. The Balaban J connectivity index is 1.65. The predicted octanol–water partition coefficient (Wildman–Crippen LogP) is 6.10. The van der Waals surface area contributed by atoms with Crippen molar-refractivity contribution in [3.63, 3.8) is 0 Å². The molecule has 1 aliphatic heterocycles. The van der Waals surface area contributed by atoms with Crippen LogP contribution in [-0.4, -0.2) is 22.8 Å². The van der Waals surface area contributed by atoms with Crippen LogP contribution in [0.2, 0.25) is 10.0 Å². The molecule has 3 aromatic rings. The summed E-state index contributed by atoms with van der Waals surface area (Å²) in [5.74, 6) is -0.684. The molecule has 9 heteroatoms. The normalized spacial score (nSPS) is 14.5. The molecular formula is C23H17Cl2N3O3S. The zero-order chi connectivity index (χ0) is 23.0. The highest BCUT2D eigenvalue weighted by molar-refractivity contribution is 7.14. The van der Waals surface area contributed by atoms with E-state index in [1.807, 2.05) is 32.0 Å². The summed E-state index contributed by atoms with van der Waals surface area (Å²) in [5, 5.41) is 3.03. The van der Waals surface area contributed by atoms with Gasteiger partial charge in [0.1, 0.15) is 0 Å². The summed E-state index contributed by atoms with van der Waals surface area (Å²) in [4.78, 5) is 35.0. The number of thiazole rings is 1. The fourth-order valence-electron chi connectivity index (χ4n) is 3.06. The minimum atomic E-state index is -0.613. The highest BCUT2D eigenvalue weighted by Gasteiger charge is 2.26. The lowest BCUT2D eigenvalue weighted by atomic mass is 10.1. The lowest BCUT2D eigenvalue weighted by Gasteiger charge is -2.19. The number of halogens is 2. The molecule has 6 nitrogen and oxygen atoms in total. The van der Waals surface area contributed by atoms with Crippen LogP contribution in [0.3, 0.4) is 0 Å². The number of esters is 1. The zero-order valence-corrected chi connectivity index (χ0v) is 19.7. The average molecular weight is 486 g/mol. The van der Waals surface area contributed by atoms with Gasteiger partial charge in [0.2, 0.25) is 11.8 Å². The lowest BCUT2D eigenvalue weighted by molar-refractivity contribution is -0.130. The molecule has 0 atom stereocenters. The third-order valence-electron chi connectivity index (χ3n) is 4.83. The summed E-state index contributed by atoms with van der Waals surface area (Å²) >= 11 is 13.4. The summed E-state index contributed by atoms with van der Waals surface area (Å²) in [6.45, 7) is 5.48. The number of amides is 1. The second-order valence-corrected chi connectivity index (χ2v) is 8.82. The van der Waals surface area contributed by atoms with E-state index in [0.29, 0.717) is 26.4 Å². The van der Waals surface area contributed by atoms with Gasteiger partial charge in [0.15, 0.2) is 10.8 Å². The quantitative estimate of drug-likeness (QED) is 0.330. The summed E-state index contributed by atoms with van der Waals surface area (Å²) in [5.41, 5.74) is 3.97. The first-order valence-corrected chi connectivity index (χ1v) is 11.2. The van der Waals surface area contributed by atoms with Crippen molar-refractivity contribution in [2.45, 2.75) is 20.8 Å². The Hall–Kier alpha value is -3.00. The molecule has 0 saturated heterocycles. The van der Waals surface area contributed by atoms with Crippen LogP contribution in [0.4, 0.5) is 10.8 Å². The molecule has 0 N–H and O–H groups in total. The Morgan fingerprint density at radius 3 is 2.59 bits per heavy atom. The van der Waals surface area contributed by atoms with Gasteiger partial charge in [0.05, 0.1) is 22.0 Å². The van der Waals surface area contributed by atoms with Gasteiger partial charge in [-0.3, -0.25) is 9.69 Å². The van der Waals surface area contributed by atoms with Crippen molar-refractivity contribution in [2.75, 3.05) is 4.90 Å². The summed E-state index contributed by atoms with van der Waals surface area (Å²) < 4.78 is 5.27. The maximum absolute atomic E-state index is 12.4. The van der Waals surface area contributed by atoms with Crippen LogP contribution in [0.25, 0.3) is 6.08 Å². The Morgan fingerprint density at radius 2 is 1.91 bits per heavy atom. The van der Waals surface area contributed by atoms with Gasteiger partial charge in [-0.1, -0.05) is 29.3 Å². The van der Waals surface area contributed by atoms with Crippen molar-refractivity contribution in [1.29, 1.82) is 0 Å². The molecule has 4 rings (SSSR count). The predicted molar refractivity (Wildman–Crippen MR) is 128 cm³/mol. The first kappa shape index (κ1) is 22.2. The molecular weight excluding hydrogens is 469 g/mol. The number of anilines is 2. The molecule has 0 bridgehead atoms. The Labute approximate surface area is 198 Å². The number of carbonyl (C=O) groups is 2. The van der Waals surface area contributed by atoms with E-state index in [0.717, 1.165) is 16.8 Å². The third-order valence-corrected chi connectivity index (χ3v) is 6.22. The second-order valence-electron chi connectivity index (χ2n) is 7.14. The molecule has 0 radical (unpaired) electrons. The van der Waals surface area contributed by atoms with E-state index in [2.05, 4.69) is 9.98 Å². The maximum atomic E-state index is 12.4. The van der Waals surface area contributed by atoms with Crippen molar-refractivity contribution in [3.05, 3.63) is 79.9 Å². The number of ether oxygens (including phenoxy) is 1. The number of benzene rings is 2. The van der Waals surface area contributed by atoms with Gasteiger partial charge < -0.3 is 4.74 Å². The number of nitrogens with zero attached hydrogens (tertiary/aromatic N) is 3. The molecule has 1 aliphatic rings. The summed E-state index contributed by atoms with van der Waals surface area (Å²) in [6.07, 6.45) is 1.51. The molecule has 162 valence electrons. The van der Waals surface area contributed by atoms with Crippen molar-refractivity contribution in [2.24, 2.45) is 4.99 Å². The highest BCUT2D eigenvalue weighted by atomic mass is 35.5. The number of rotatable bonds is 4. The first-order valence-electron chi connectivity index (χ1n) is 9.54. The molecule has 0 fully saturated rings. The SMILES string of the molecule is CC(=O)N(c1ccc(C)c(C)c1)c1nc(/C=C2\N=C(c3ccc(Cl)cc3Cl)OC2=O)cs1. The number of carbonyl (C=O) groups excluding carboxylic acids is 2. The molecule has 0 saturated carbocycles. The molecule has 1 aromatic heterocycles. The zero-order valence-electron chi connectivity index (χ0n) is 17.3. The third kappa shape index (κ3) is 4.46. The lowest BCUT2D eigenvalue weighted by Crippen LogP contribution is -2.22. The first-order chi connectivity index (χ1) is 15.2. The van der Waals surface area contributed by atoms with E-state index in [4.69, 9.17) is 27.9 Å². The fraction of sp³-hybridized carbons (Fsp3) is 0.130. The van der Waals surface area contributed by atoms with Crippen molar-refractivity contribution in [1.82, 2.24) is 4.98 Å². The van der Waals surface area contributed by atoms with E-state index in [9.17, 15) is 9.59 Å². The maximum Gasteiger partial charge on any atom is 0.363 e. The Morgan fingerprint density at radius 1 is 1.12 bits per heavy atom. The van der Waals surface area contributed by atoms with Crippen LogP contribution < -0.4 is 4.90 Å². The Kier molecular flexibility index (Phi) is 6.15. The van der Waals surface area contributed by atoms with E-state index in [1.165, 1.54) is 29.2 Å². The number of hydrogen-bond acceptors (Lipinski definition) is 6. The molecule has 0 unspecified atom stereocenters. The largest absolute Gasteiger partial charge is 0.402 e. The molecule has 0 spiro atoms. The van der Waals surface area contributed by atoms with Crippen LogP contribution in [0, 0.1) is 13.8 Å². The smallest absolute Gasteiger partial charge is 0.363 e.